The number of aliphatic hydroxyl groups excluding tert-OH is 2. The van der Waals surface area contributed by atoms with E-state index in [1.165, 1.54) is 6.33 Å². The summed E-state index contributed by atoms with van der Waals surface area (Å²) in [6, 6.07) is 0. The number of rotatable bonds is 9. The van der Waals surface area contributed by atoms with Gasteiger partial charge in [0.25, 0.3) is 0 Å². The SMILES string of the molecule is C[C@@H](O)[C@H](CNCc1c[nH]c2c(N)ncnc12)CSCCO. The van der Waals surface area contributed by atoms with Crippen molar-refractivity contribution in [2.75, 3.05) is 30.4 Å². The van der Waals surface area contributed by atoms with Crippen molar-refractivity contribution in [1.29, 1.82) is 0 Å². The number of fused-ring (bicyclic) bond motifs is 1. The van der Waals surface area contributed by atoms with Gasteiger partial charge >= 0.3 is 0 Å². The van der Waals surface area contributed by atoms with Crippen LogP contribution in [0, 0.1) is 5.92 Å². The monoisotopic (exact) mass is 325 g/mol. The Hall–Kier alpha value is -1.35. The van der Waals surface area contributed by atoms with E-state index in [-0.39, 0.29) is 18.6 Å². The van der Waals surface area contributed by atoms with Crippen molar-refractivity contribution in [3.8, 4) is 0 Å². The maximum atomic E-state index is 9.82. The lowest BCUT2D eigenvalue weighted by molar-refractivity contribution is 0.136. The normalized spacial score (nSPS) is 14.3. The largest absolute Gasteiger partial charge is 0.396 e. The molecule has 0 saturated carbocycles. The number of nitrogens with one attached hydrogen (secondary N) is 2. The van der Waals surface area contributed by atoms with Crippen LogP contribution in [0.15, 0.2) is 12.5 Å². The Balaban J connectivity index is 1.89. The maximum absolute atomic E-state index is 9.82. The standard InChI is InChI=1S/C14H23N5O2S/c1-9(21)11(7-22-3-2-20)5-16-4-10-6-17-13-12(10)18-8-19-14(13)15/h6,8-9,11,16-17,20-21H,2-5,7H2,1H3,(H2,15,18,19)/t9-,11-/m1/s1. The lowest BCUT2D eigenvalue weighted by atomic mass is 10.1. The average molecular weight is 325 g/mol. The minimum Gasteiger partial charge on any atom is -0.396 e. The number of anilines is 1. The number of nitrogens with two attached hydrogens (primary N) is 1. The zero-order valence-corrected chi connectivity index (χ0v) is 13.4. The Labute approximate surface area is 133 Å². The first kappa shape index (κ1) is 17.0. The van der Waals surface area contributed by atoms with Gasteiger partial charge < -0.3 is 26.2 Å². The summed E-state index contributed by atoms with van der Waals surface area (Å²) in [7, 11) is 0. The molecule has 0 radical (unpaired) electrons. The van der Waals surface area contributed by atoms with Gasteiger partial charge in [-0.05, 0) is 12.7 Å². The van der Waals surface area contributed by atoms with Crippen molar-refractivity contribution < 1.29 is 10.2 Å². The van der Waals surface area contributed by atoms with Crippen LogP contribution in [0.2, 0.25) is 0 Å². The highest BCUT2D eigenvalue weighted by molar-refractivity contribution is 7.99. The average Bonchev–Trinajstić information content (AvgIpc) is 2.90. The number of nitrogen functional groups attached to an aromatic ring is 1. The van der Waals surface area contributed by atoms with Crippen LogP contribution in [0.4, 0.5) is 5.82 Å². The van der Waals surface area contributed by atoms with E-state index in [4.69, 9.17) is 10.8 Å². The van der Waals surface area contributed by atoms with Gasteiger partial charge in [0.1, 0.15) is 11.8 Å². The van der Waals surface area contributed by atoms with Crippen molar-refractivity contribution in [1.82, 2.24) is 20.3 Å². The van der Waals surface area contributed by atoms with E-state index >= 15 is 0 Å². The van der Waals surface area contributed by atoms with Gasteiger partial charge in [-0.3, -0.25) is 0 Å². The van der Waals surface area contributed by atoms with Gasteiger partial charge in [0, 0.05) is 36.5 Å². The van der Waals surface area contributed by atoms with Crippen molar-refractivity contribution >= 4 is 28.6 Å². The van der Waals surface area contributed by atoms with E-state index in [2.05, 4.69) is 20.3 Å². The highest BCUT2D eigenvalue weighted by Gasteiger charge is 2.15. The predicted octanol–water partition coefficient (Wildman–Crippen LogP) is 0.352. The third-order valence-electron chi connectivity index (χ3n) is 3.54. The molecule has 2 aromatic heterocycles. The number of nitrogens with zero attached hydrogens (tertiary/aromatic N) is 2. The summed E-state index contributed by atoms with van der Waals surface area (Å²) in [5.74, 6) is 2.09. The van der Waals surface area contributed by atoms with Crippen LogP contribution in [0.3, 0.4) is 0 Å². The topological polar surface area (TPSA) is 120 Å². The summed E-state index contributed by atoms with van der Waals surface area (Å²) in [5, 5.41) is 22.0. The summed E-state index contributed by atoms with van der Waals surface area (Å²) >= 11 is 1.65. The number of aliphatic hydroxyl groups is 2. The first-order chi connectivity index (χ1) is 10.6. The molecule has 6 N–H and O–H groups in total. The molecule has 0 amide bonds. The molecule has 0 fully saturated rings. The van der Waals surface area contributed by atoms with Crippen molar-refractivity contribution in [2.45, 2.75) is 19.6 Å². The van der Waals surface area contributed by atoms with Crippen molar-refractivity contribution in [2.24, 2.45) is 5.92 Å². The Bertz CT molecular complexity index is 590. The summed E-state index contributed by atoms with van der Waals surface area (Å²) in [6.07, 6.45) is 2.94. The van der Waals surface area contributed by atoms with Crippen molar-refractivity contribution in [3.05, 3.63) is 18.1 Å². The molecule has 2 atom stereocenters. The fraction of sp³-hybridized carbons (Fsp3) is 0.571. The fourth-order valence-corrected chi connectivity index (χ4v) is 3.20. The minimum absolute atomic E-state index is 0.140. The quantitative estimate of drug-likeness (QED) is 0.422. The van der Waals surface area contributed by atoms with Crippen LogP contribution in [0.5, 0.6) is 0 Å². The number of aromatic nitrogens is 3. The lowest BCUT2D eigenvalue weighted by Crippen LogP contribution is -2.31. The molecule has 7 nitrogen and oxygen atoms in total. The van der Waals surface area contributed by atoms with E-state index < -0.39 is 0 Å². The van der Waals surface area contributed by atoms with Crippen LogP contribution in [-0.4, -0.2) is 55.9 Å². The Morgan fingerprint density at radius 1 is 1.45 bits per heavy atom. The molecule has 122 valence electrons. The lowest BCUT2D eigenvalue weighted by Gasteiger charge is -2.20. The Morgan fingerprint density at radius 3 is 3.00 bits per heavy atom. The molecule has 22 heavy (non-hydrogen) atoms. The molecule has 0 spiro atoms. The van der Waals surface area contributed by atoms with Gasteiger partial charge in [-0.25, -0.2) is 9.97 Å². The molecular weight excluding hydrogens is 302 g/mol. The second-order valence-corrected chi connectivity index (χ2v) is 6.38. The second-order valence-electron chi connectivity index (χ2n) is 5.23. The first-order valence-electron chi connectivity index (χ1n) is 7.27. The van der Waals surface area contributed by atoms with E-state index in [1.54, 1.807) is 18.7 Å². The third-order valence-corrected chi connectivity index (χ3v) is 4.68. The molecule has 8 heteroatoms. The minimum atomic E-state index is -0.389. The number of thioether (sulfide) groups is 1. The zero-order valence-electron chi connectivity index (χ0n) is 12.6. The highest BCUT2D eigenvalue weighted by atomic mass is 32.2. The van der Waals surface area contributed by atoms with Crippen LogP contribution in [0.1, 0.15) is 12.5 Å². The molecule has 2 rings (SSSR count). The molecule has 0 unspecified atom stereocenters. The van der Waals surface area contributed by atoms with Gasteiger partial charge in [0.2, 0.25) is 0 Å². The molecule has 0 aliphatic carbocycles. The number of aromatic amines is 1. The Kier molecular flexibility index (Phi) is 6.44. The first-order valence-corrected chi connectivity index (χ1v) is 8.42. The molecule has 0 aliphatic rings. The second kappa shape index (κ2) is 8.33. The molecule has 0 aliphatic heterocycles. The molecule has 2 heterocycles. The molecule has 0 saturated heterocycles. The van der Waals surface area contributed by atoms with Gasteiger partial charge in [0.05, 0.1) is 18.2 Å². The number of hydrogen-bond acceptors (Lipinski definition) is 7. The molecule has 2 aromatic rings. The fourth-order valence-electron chi connectivity index (χ4n) is 2.21. The predicted molar refractivity (Wildman–Crippen MR) is 89.6 cm³/mol. The van der Waals surface area contributed by atoms with Crippen LogP contribution in [-0.2, 0) is 6.54 Å². The van der Waals surface area contributed by atoms with E-state index in [1.807, 2.05) is 6.20 Å². The summed E-state index contributed by atoms with van der Waals surface area (Å²) < 4.78 is 0. The molecule has 0 aromatic carbocycles. The summed E-state index contributed by atoms with van der Waals surface area (Å²) in [6.45, 7) is 3.31. The summed E-state index contributed by atoms with van der Waals surface area (Å²) in [4.78, 5) is 11.3. The van der Waals surface area contributed by atoms with Gasteiger partial charge in [0.15, 0.2) is 5.82 Å². The van der Waals surface area contributed by atoms with Gasteiger partial charge in [-0.15, -0.1) is 0 Å². The van der Waals surface area contributed by atoms with Gasteiger partial charge in [-0.2, -0.15) is 11.8 Å². The zero-order chi connectivity index (χ0) is 15.9. The van der Waals surface area contributed by atoms with Gasteiger partial charge in [-0.1, -0.05) is 0 Å². The Morgan fingerprint density at radius 2 is 2.27 bits per heavy atom. The van der Waals surface area contributed by atoms with Crippen LogP contribution >= 0.6 is 11.8 Å². The number of H-pyrrole nitrogens is 1. The summed E-state index contributed by atoms with van der Waals surface area (Å²) in [5.41, 5.74) is 8.40. The van der Waals surface area contributed by atoms with Crippen LogP contribution < -0.4 is 11.1 Å². The van der Waals surface area contributed by atoms with E-state index in [9.17, 15) is 5.11 Å². The third kappa shape index (κ3) is 4.33. The molecule has 0 bridgehead atoms. The van der Waals surface area contributed by atoms with E-state index in [0.29, 0.717) is 24.7 Å². The van der Waals surface area contributed by atoms with E-state index in [0.717, 1.165) is 22.3 Å². The molecular formula is C14H23N5O2S. The maximum Gasteiger partial charge on any atom is 0.151 e. The smallest absolute Gasteiger partial charge is 0.151 e. The van der Waals surface area contributed by atoms with Crippen LogP contribution in [0.25, 0.3) is 11.0 Å². The number of hydrogen-bond donors (Lipinski definition) is 5. The highest BCUT2D eigenvalue weighted by Crippen LogP contribution is 2.19. The van der Waals surface area contributed by atoms with Crippen molar-refractivity contribution in [3.63, 3.8) is 0 Å².